The zero-order valence-electron chi connectivity index (χ0n) is 19.0. The highest BCUT2D eigenvalue weighted by Crippen LogP contribution is 2.19. The SMILES string of the molecule is Cc1ccc(OCCn2c(CCCNC(=O)c3cccc(Cl)c3)nc3ccccc32)cc1C. The molecule has 0 unspecified atom stereocenters. The Morgan fingerprint density at radius 1 is 1.03 bits per heavy atom. The van der Waals surface area contributed by atoms with E-state index in [1.807, 2.05) is 24.3 Å². The fraction of sp³-hybridized carbons (Fsp3) is 0.259. The van der Waals surface area contributed by atoms with Crippen LogP contribution in [0.2, 0.25) is 5.02 Å². The van der Waals surface area contributed by atoms with E-state index in [2.05, 4.69) is 41.9 Å². The van der Waals surface area contributed by atoms with Crippen molar-refractivity contribution in [3.63, 3.8) is 0 Å². The van der Waals surface area contributed by atoms with Gasteiger partial charge in [0, 0.05) is 23.6 Å². The number of carbonyl (C=O) groups is 1. The number of benzene rings is 3. The van der Waals surface area contributed by atoms with Crippen LogP contribution in [0, 0.1) is 13.8 Å². The number of hydrogen-bond acceptors (Lipinski definition) is 3. The molecule has 1 N–H and O–H groups in total. The van der Waals surface area contributed by atoms with E-state index in [4.69, 9.17) is 21.3 Å². The molecule has 1 heterocycles. The Kier molecular flexibility index (Phi) is 7.30. The number of para-hydroxylation sites is 2. The highest BCUT2D eigenvalue weighted by molar-refractivity contribution is 6.30. The van der Waals surface area contributed by atoms with Crippen LogP contribution >= 0.6 is 11.6 Å². The third-order valence-corrected chi connectivity index (χ3v) is 5.98. The molecule has 5 nitrogen and oxygen atoms in total. The Balaban J connectivity index is 1.37. The molecule has 0 aliphatic rings. The van der Waals surface area contributed by atoms with E-state index >= 15 is 0 Å². The first-order chi connectivity index (χ1) is 16.0. The van der Waals surface area contributed by atoms with E-state index in [9.17, 15) is 4.79 Å². The van der Waals surface area contributed by atoms with Crippen LogP contribution in [-0.2, 0) is 13.0 Å². The summed E-state index contributed by atoms with van der Waals surface area (Å²) in [7, 11) is 0. The van der Waals surface area contributed by atoms with Crippen molar-refractivity contribution in [3.05, 3.63) is 94.3 Å². The maximum Gasteiger partial charge on any atom is 0.251 e. The second-order valence-electron chi connectivity index (χ2n) is 8.13. The number of rotatable bonds is 9. The number of aryl methyl sites for hydroxylation is 3. The maximum atomic E-state index is 12.3. The van der Waals surface area contributed by atoms with Gasteiger partial charge in [0.25, 0.3) is 5.91 Å². The number of fused-ring (bicyclic) bond motifs is 1. The number of ether oxygens (including phenoxy) is 1. The number of nitrogens with one attached hydrogen (secondary N) is 1. The van der Waals surface area contributed by atoms with Crippen LogP contribution in [0.4, 0.5) is 0 Å². The lowest BCUT2D eigenvalue weighted by Crippen LogP contribution is -2.25. The normalized spacial score (nSPS) is 11.0. The van der Waals surface area contributed by atoms with Gasteiger partial charge in [-0.15, -0.1) is 0 Å². The first-order valence-corrected chi connectivity index (χ1v) is 11.6. The molecular formula is C27H28ClN3O2. The van der Waals surface area contributed by atoms with Crippen molar-refractivity contribution in [3.8, 4) is 5.75 Å². The summed E-state index contributed by atoms with van der Waals surface area (Å²) in [6, 6.07) is 21.3. The molecule has 170 valence electrons. The summed E-state index contributed by atoms with van der Waals surface area (Å²) in [6.07, 6.45) is 1.54. The van der Waals surface area contributed by atoms with Gasteiger partial charge in [0.1, 0.15) is 18.2 Å². The van der Waals surface area contributed by atoms with Crippen LogP contribution in [0.3, 0.4) is 0 Å². The average Bonchev–Trinajstić information content (AvgIpc) is 3.16. The highest BCUT2D eigenvalue weighted by Gasteiger charge is 2.11. The van der Waals surface area contributed by atoms with Crippen molar-refractivity contribution in [1.82, 2.24) is 14.9 Å². The Bertz CT molecular complexity index is 1270. The molecule has 1 amide bonds. The second kappa shape index (κ2) is 10.5. The maximum absolute atomic E-state index is 12.3. The van der Waals surface area contributed by atoms with E-state index < -0.39 is 0 Å². The predicted octanol–water partition coefficient (Wildman–Crippen LogP) is 5.75. The number of hydrogen-bond donors (Lipinski definition) is 1. The van der Waals surface area contributed by atoms with Gasteiger partial charge in [0.15, 0.2) is 0 Å². The summed E-state index contributed by atoms with van der Waals surface area (Å²) in [6.45, 7) is 6.02. The summed E-state index contributed by atoms with van der Waals surface area (Å²) < 4.78 is 8.24. The minimum absolute atomic E-state index is 0.118. The van der Waals surface area contributed by atoms with Crippen LogP contribution in [0.1, 0.15) is 33.7 Å². The Labute approximate surface area is 199 Å². The molecule has 4 rings (SSSR count). The van der Waals surface area contributed by atoms with Gasteiger partial charge in [-0.3, -0.25) is 4.79 Å². The van der Waals surface area contributed by atoms with Crippen molar-refractivity contribution >= 4 is 28.5 Å². The first kappa shape index (κ1) is 22.9. The van der Waals surface area contributed by atoms with Crippen LogP contribution < -0.4 is 10.1 Å². The molecule has 0 atom stereocenters. The zero-order valence-corrected chi connectivity index (χ0v) is 19.7. The molecule has 3 aromatic carbocycles. The fourth-order valence-electron chi connectivity index (χ4n) is 3.80. The van der Waals surface area contributed by atoms with E-state index in [1.54, 1.807) is 24.3 Å². The molecule has 1 aromatic heterocycles. The number of nitrogens with zero attached hydrogens (tertiary/aromatic N) is 2. The van der Waals surface area contributed by atoms with E-state index in [0.717, 1.165) is 35.4 Å². The molecule has 0 saturated heterocycles. The number of imidazole rings is 1. The van der Waals surface area contributed by atoms with Crippen molar-refractivity contribution in [2.24, 2.45) is 0 Å². The van der Waals surface area contributed by atoms with Crippen LogP contribution in [0.15, 0.2) is 66.7 Å². The number of halogens is 1. The molecule has 0 aliphatic heterocycles. The molecular weight excluding hydrogens is 434 g/mol. The third kappa shape index (κ3) is 5.74. The predicted molar refractivity (Wildman–Crippen MR) is 133 cm³/mol. The Morgan fingerprint density at radius 2 is 1.88 bits per heavy atom. The Hall–Kier alpha value is -3.31. The molecule has 0 aliphatic carbocycles. The largest absolute Gasteiger partial charge is 0.492 e. The summed E-state index contributed by atoms with van der Waals surface area (Å²) >= 11 is 5.98. The molecule has 0 spiro atoms. The zero-order chi connectivity index (χ0) is 23.2. The average molecular weight is 462 g/mol. The molecule has 33 heavy (non-hydrogen) atoms. The first-order valence-electron chi connectivity index (χ1n) is 11.2. The lowest BCUT2D eigenvalue weighted by atomic mass is 10.1. The van der Waals surface area contributed by atoms with Gasteiger partial charge in [-0.25, -0.2) is 4.98 Å². The lowest BCUT2D eigenvalue weighted by molar-refractivity contribution is 0.0953. The summed E-state index contributed by atoms with van der Waals surface area (Å²) in [5.41, 5.74) is 5.12. The summed E-state index contributed by atoms with van der Waals surface area (Å²) in [4.78, 5) is 17.2. The minimum Gasteiger partial charge on any atom is -0.492 e. The third-order valence-electron chi connectivity index (χ3n) is 5.75. The fourth-order valence-corrected chi connectivity index (χ4v) is 3.99. The molecule has 0 radical (unpaired) electrons. The number of carbonyl (C=O) groups excluding carboxylic acids is 1. The topological polar surface area (TPSA) is 56.1 Å². The minimum atomic E-state index is -0.118. The molecule has 4 aromatic rings. The standard InChI is InChI=1S/C27H28ClN3O2/c1-19-12-13-23(17-20(19)2)33-16-15-31-25-10-4-3-9-24(25)30-26(31)11-6-14-29-27(32)21-7-5-8-22(28)18-21/h3-5,7-10,12-13,17-18H,6,11,14-16H2,1-2H3,(H,29,32). The smallest absolute Gasteiger partial charge is 0.251 e. The summed E-state index contributed by atoms with van der Waals surface area (Å²) in [5, 5.41) is 3.52. The van der Waals surface area contributed by atoms with Crippen LogP contribution in [0.25, 0.3) is 11.0 Å². The van der Waals surface area contributed by atoms with Gasteiger partial charge in [0.05, 0.1) is 17.6 Å². The van der Waals surface area contributed by atoms with Gasteiger partial charge in [-0.2, -0.15) is 0 Å². The van der Waals surface area contributed by atoms with Crippen molar-refractivity contribution in [2.45, 2.75) is 33.2 Å². The number of aromatic nitrogens is 2. The molecule has 0 bridgehead atoms. The molecule has 0 saturated carbocycles. The molecule has 0 fully saturated rings. The van der Waals surface area contributed by atoms with Gasteiger partial charge >= 0.3 is 0 Å². The Morgan fingerprint density at radius 3 is 2.70 bits per heavy atom. The van der Waals surface area contributed by atoms with Crippen molar-refractivity contribution < 1.29 is 9.53 Å². The van der Waals surface area contributed by atoms with E-state index in [-0.39, 0.29) is 5.91 Å². The van der Waals surface area contributed by atoms with Crippen molar-refractivity contribution in [1.29, 1.82) is 0 Å². The van der Waals surface area contributed by atoms with Gasteiger partial charge in [-0.05, 0) is 73.9 Å². The van der Waals surface area contributed by atoms with E-state index in [0.29, 0.717) is 30.3 Å². The van der Waals surface area contributed by atoms with Gasteiger partial charge in [-0.1, -0.05) is 35.9 Å². The van der Waals surface area contributed by atoms with Gasteiger partial charge in [0.2, 0.25) is 0 Å². The molecule has 6 heteroatoms. The monoisotopic (exact) mass is 461 g/mol. The van der Waals surface area contributed by atoms with Crippen LogP contribution in [0.5, 0.6) is 5.75 Å². The summed E-state index contributed by atoms with van der Waals surface area (Å²) in [5.74, 6) is 1.76. The highest BCUT2D eigenvalue weighted by atomic mass is 35.5. The van der Waals surface area contributed by atoms with Crippen LogP contribution in [-0.4, -0.2) is 28.6 Å². The second-order valence-corrected chi connectivity index (χ2v) is 8.57. The quantitative estimate of drug-likeness (QED) is 0.323. The lowest BCUT2D eigenvalue weighted by Gasteiger charge is -2.12. The number of amides is 1. The van der Waals surface area contributed by atoms with Gasteiger partial charge < -0.3 is 14.6 Å². The van der Waals surface area contributed by atoms with E-state index in [1.165, 1.54) is 11.1 Å². The van der Waals surface area contributed by atoms with Crippen molar-refractivity contribution in [2.75, 3.05) is 13.2 Å².